The van der Waals surface area contributed by atoms with Crippen LogP contribution < -0.4 is 11.3 Å². The third-order valence-corrected chi connectivity index (χ3v) is 3.38. The second-order valence-electron chi connectivity index (χ2n) is 4.68. The lowest BCUT2D eigenvalue weighted by Gasteiger charge is -2.18. The van der Waals surface area contributed by atoms with Crippen LogP contribution in [0.25, 0.3) is 10.8 Å². The van der Waals surface area contributed by atoms with Crippen LogP contribution >= 0.6 is 0 Å². The Bertz CT molecular complexity index is 525. The maximum Gasteiger partial charge on any atom is 0.0700 e. The van der Waals surface area contributed by atoms with Crippen LogP contribution in [-0.2, 0) is 9.47 Å². The van der Waals surface area contributed by atoms with Crippen LogP contribution in [0.2, 0.25) is 0 Å². The Hall–Kier alpha value is -1.46. The number of hydrogen-bond acceptors (Lipinski definition) is 4. The van der Waals surface area contributed by atoms with E-state index in [4.69, 9.17) is 15.3 Å². The summed E-state index contributed by atoms with van der Waals surface area (Å²) in [4.78, 5) is 0. The first-order chi connectivity index (χ1) is 9.86. The van der Waals surface area contributed by atoms with E-state index >= 15 is 0 Å². The molecule has 0 radical (unpaired) electrons. The van der Waals surface area contributed by atoms with E-state index in [9.17, 15) is 0 Å². The Morgan fingerprint density at radius 3 is 2.65 bits per heavy atom. The molecule has 4 nitrogen and oxygen atoms in total. The van der Waals surface area contributed by atoms with E-state index in [1.165, 1.54) is 16.3 Å². The van der Waals surface area contributed by atoms with Gasteiger partial charge < -0.3 is 9.47 Å². The van der Waals surface area contributed by atoms with E-state index in [1.807, 2.05) is 6.07 Å². The number of hydrogen-bond donors (Lipinski definition) is 2. The Labute approximate surface area is 119 Å². The van der Waals surface area contributed by atoms with E-state index < -0.39 is 0 Å². The second kappa shape index (κ2) is 7.97. The lowest BCUT2D eigenvalue weighted by Crippen LogP contribution is -2.29. The summed E-state index contributed by atoms with van der Waals surface area (Å²) in [6.07, 6.45) is 0.828. The summed E-state index contributed by atoms with van der Waals surface area (Å²) in [6.45, 7) is 1.89. The average molecular weight is 274 g/mol. The molecule has 0 aliphatic carbocycles. The quantitative estimate of drug-likeness (QED) is 0.441. The molecule has 0 fully saturated rings. The van der Waals surface area contributed by atoms with E-state index in [0.717, 1.165) is 6.42 Å². The number of hydrazine groups is 1. The molecular weight excluding hydrogens is 252 g/mol. The summed E-state index contributed by atoms with van der Waals surface area (Å²) in [5, 5.41) is 2.46. The number of fused-ring (bicyclic) bond motifs is 1. The summed E-state index contributed by atoms with van der Waals surface area (Å²) >= 11 is 0. The van der Waals surface area contributed by atoms with Crippen LogP contribution in [-0.4, -0.2) is 26.9 Å². The van der Waals surface area contributed by atoms with Crippen molar-refractivity contribution in [2.75, 3.05) is 26.9 Å². The van der Waals surface area contributed by atoms with Crippen LogP contribution in [0.5, 0.6) is 0 Å². The van der Waals surface area contributed by atoms with Gasteiger partial charge in [0.1, 0.15) is 0 Å². The van der Waals surface area contributed by atoms with Crippen molar-refractivity contribution in [1.29, 1.82) is 0 Å². The molecule has 1 unspecified atom stereocenters. The molecule has 0 aliphatic heterocycles. The van der Waals surface area contributed by atoms with Crippen molar-refractivity contribution < 1.29 is 9.47 Å². The normalized spacial score (nSPS) is 12.7. The number of nitrogens with two attached hydrogens (primary N) is 1. The smallest absolute Gasteiger partial charge is 0.0700 e. The van der Waals surface area contributed by atoms with Gasteiger partial charge in [0.2, 0.25) is 0 Å². The van der Waals surface area contributed by atoms with Gasteiger partial charge in [0.05, 0.1) is 13.2 Å². The SMILES string of the molecule is COCCOCCC(NN)c1cccc2ccccc12. The van der Waals surface area contributed by atoms with Crippen LogP contribution in [0.3, 0.4) is 0 Å². The van der Waals surface area contributed by atoms with Crippen molar-refractivity contribution >= 4 is 10.8 Å². The van der Waals surface area contributed by atoms with Gasteiger partial charge in [0, 0.05) is 19.8 Å². The van der Waals surface area contributed by atoms with Crippen molar-refractivity contribution in [2.45, 2.75) is 12.5 Å². The summed E-state index contributed by atoms with van der Waals surface area (Å²) < 4.78 is 10.5. The summed E-state index contributed by atoms with van der Waals surface area (Å²) in [7, 11) is 1.67. The maximum atomic E-state index is 5.71. The molecule has 1 atom stereocenters. The van der Waals surface area contributed by atoms with Crippen LogP contribution in [0, 0.1) is 0 Å². The molecule has 20 heavy (non-hydrogen) atoms. The lowest BCUT2D eigenvalue weighted by atomic mass is 9.97. The number of ether oxygens (including phenoxy) is 2. The van der Waals surface area contributed by atoms with Gasteiger partial charge in [-0.1, -0.05) is 42.5 Å². The predicted octanol–water partition coefficient (Wildman–Crippen LogP) is 2.40. The zero-order valence-corrected chi connectivity index (χ0v) is 11.8. The second-order valence-corrected chi connectivity index (χ2v) is 4.68. The fraction of sp³-hybridized carbons (Fsp3) is 0.375. The van der Waals surface area contributed by atoms with Gasteiger partial charge in [-0.15, -0.1) is 0 Å². The lowest BCUT2D eigenvalue weighted by molar-refractivity contribution is 0.0658. The van der Waals surface area contributed by atoms with E-state index in [2.05, 4.69) is 41.8 Å². The average Bonchev–Trinajstić information content (AvgIpc) is 2.51. The van der Waals surface area contributed by atoms with Gasteiger partial charge in [-0.2, -0.15) is 0 Å². The maximum absolute atomic E-state index is 5.71. The molecule has 2 aromatic rings. The highest BCUT2D eigenvalue weighted by molar-refractivity contribution is 5.86. The van der Waals surface area contributed by atoms with Crippen molar-refractivity contribution in [1.82, 2.24) is 5.43 Å². The minimum Gasteiger partial charge on any atom is -0.382 e. The Morgan fingerprint density at radius 1 is 1.05 bits per heavy atom. The third kappa shape index (κ3) is 3.77. The number of rotatable bonds is 8. The third-order valence-electron chi connectivity index (χ3n) is 3.38. The Morgan fingerprint density at radius 2 is 1.85 bits per heavy atom. The summed E-state index contributed by atoms with van der Waals surface area (Å²) in [5.74, 6) is 5.71. The molecule has 0 aliphatic rings. The van der Waals surface area contributed by atoms with E-state index in [0.29, 0.717) is 19.8 Å². The van der Waals surface area contributed by atoms with Crippen molar-refractivity contribution in [3.05, 3.63) is 48.0 Å². The van der Waals surface area contributed by atoms with Gasteiger partial charge in [-0.25, -0.2) is 0 Å². The number of nitrogens with one attached hydrogen (secondary N) is 1. The molecule has 0 saturated carbocycles. The molecule has 0 aromatic heterocycles. The molecule has 0 saturated heterocycles. The minimum absolute atomic E-state index is 0.0867. The number of methoxy groups -OCH3 is 1. The summed E-state index contributed by atoms with van der Waals surface area (Å²) in [6, 6.07) is 14.7. The molecule has 0 bridgehead atoms. The predicted molar refractivity (Wildman–Crippen MR) is 81.3 cm³/mol. The topological polar surface area (TPSA) is 56.5 Å². The van der Waals surface area contributed by atoms with Gasteiger partial charge in [0.15, 0.2) is 0 Å². The standard InChI is InChI=1S/C16H22N2O2/c1-19-11-12-20-10-9-16(18-17)15-8-4-6-13-5-2-3-7-14(13)15/h2-8,16,18H,9-12,17H2,1H3. The van der Waals surface area contributed by atoms with Gasteiger partial charge in [0.25, 0.3) is 0 Å². The van der Waals surface area contributed by atoms with Gasteiger partial charge >= 0.3 is 0 Å². The minimum atomic E-state index is 0.0867. The highest BCUT2D eigenvalue weighted by atomic mass is 16.5. The van der Waals surface area contributed by atoms with Gasteiger partial charge in [-0.05, 0) is 22.8 Å². The molecule has 2 aromatic carbocycles. The van der Waals surface area contributed by atoms with Crippen LogP contribution in [0.15, 0.2) is 42.5 Å². The van der Waals surface area contributed by atoms with Crippen LogP contribution in [0.4, 0.5) is 0 Å². The zero-order valence-electron chi connectivity index (χ0n) is 11.8. The van der Waals surface area contributed by atoms with E-state index in [1.54, 1.807) is 7.11 Å². The van der Waals surface area contributed by atoms with E-state index in [-0.39, 0.29) is 6.04 Å². The Kier molecular flexibility index (Phi) is 5.95. The first-order valence-corrected chi connectivity index (χ1v) is 6.87. The number of benzene rings is 2. The monoisotopic (exact) mass is 274 g/mol. The first kappa shape index (κ1) is 14.9. The zero-order chi connectivity index (χ0) is 14.2. The molecule has 0 heterocycles. The van der Waals surface area contributed by atoms with Crippen molar-refractivity contribution in [2.24, 2.45) is 5.84 Å². The Balaban J connectivity index is 2.05. The summed E-state index contributed by atoms with van der Waals surface area (Å²) in [5.41, 5.74) is 4.10. The first-order valence-electron chi connectivity index (χ1n) is 6.87. The molecule has 3 N–H and O–H groups in total. The molecule has 108 valence electrons. The van der Waals surface area contributed by atoms with Crippen molar-refractivity contribution in [3.8, 4) is 0 Å². The molecule has 2 rings (SSSR count). The molecule has 0 spiro atoms. The van der Waals surface area contributed by atoms with Gasteiger partial charge in [-0.3, -0.25) is 11.3 Å². The fourth-order valence-electron chi connectivity index (χ4n) is 2.33. The molecule has 4 heteroatoms. The molecule has 0 amide bonds. The van der Waals surface area contributed by atoms with Crippen LogP contribution in [0.1, 0.15) is 18.0 Å². The fourth-order valence-corrected chi connectivity index (χ4v) is 2.33. The highest BCUT2D eigenvalue weighted by Crippen LogP contribution is 2.25. The molecular formula is C16H22N2O2. The highest BCUT2D eigenvalue weighted by Gasteiger charge is 2.12. The largest absolute Gasteiger partial charge is 0.382 e. The van der Waals surface area contributed by atoms with Crippen molar-refractivity contribution in [3.63, 3.8) is 0 Å².